The lowest BCUT2D eigenvalue weighted by Gasteiger charge is -2.20. The predicted molar refractivity (Wildman–Crippen MR) is 71.8 cm³/mol. The number of hydrogen-bond acceptors (Lipinski definition) is 5. The first kappa shape index (κ1) is 14.7. The number of aromatic nitrogens is 2. The summed E-state index contributed by atoms with van der Waals surface area (Å²) in [4.78, 5) is 8.29. The number of imidazole rings is 1. The second-order valence-electron chi connectivity index (χ2n) is 4.72. The van der Waals surface area contributed by atoms with Crippen LogP contribution in [-0.2, 0) is 17.9 Å². The van der Waals surface area contributed by atoms with Crippen molar-refractivity contribution in [2.75, 3.05) is 19.4 Å². The molecule has 0 saturated heterocycles. The van der Waals surface area contributed by atoms with Crippen molar-refractivity contribution in [2.45, 2.75) is 39.5 Å². The monoisotopic (exact) mass is 254 g/mol. The van der Waals surface area contributed by atoms with Crippen molar-refractivity contribution in [3.63, 3.8) is 0 Å². The third-order valence-electron chi connectivity index (χ3n) is 2.35. The highest BCUT2D eigenvalue weighted by molar-refractivity contribution is 5.83. The molecule has 3 N–H and O–H groups in total. The number of ether oxygens (including phenoxy) is 1. The van der Waals surface area contributed by atoms with Crippen LogP contribution < -0.4 is 5.73 Å². The van der Waals surface area contributed by atoms with Gasteiger partial charge in [0.2, 0.25) is 0 Å². The zero-order chi connectivity index (χ0) is 13.8. The SMILES string of the molecule is CCOCc1nc(C=NC)c(N)n1CC(C)(C)O. The Morgan fingerprint density at radius 2 is 2.22 bits per heavy atom. The molecule has 0 atom stereocenters. The molecular formula is C12H22N4O2. The summed E-state index contributed by atoms with van der Waals surface area (Å²) in [5.41, 5.74) is 5.75. The first-order valence-electron chi connectivity index (χ1n) is 5.96. The van der Waals surface area contributed by atoms with Crippen molar-refractivity contribution < 1.29 is 9.84 Å². The van der Waals surface area contributed by atoms with Crippen molar-refractivity contribution in [2.24, 2.45) is 4.99 Å². The molecule has 0 saturated carbocycles. The minimum absolute atomic E-state index is 0.367. The molecule has 6 nitrogen and oxygen atoms in total. The van der Waals surface area contributed by atoms with E-state index in [1.807, 2.05) is 6.92 Å². The molecule has 0 aliphatic heterocycles. The molecule has 0 amide bonds. The van der Waals surface area contributed by atoms with Crippen LogP contribution in [0.5, 0.6) is 0 Å². The summed E-state index contributed by atoms with van der Waals surface area (Å²) in [6.45, 7) is 6.71. The first-order chi connectivity index (χ1) is 8.39. The van der Waals surface area contributed by atoms with Crippen molar-refractivity contribution in [1.82, 2.24) is 9.55 Å². The maximum atomic E-state index is 9.91. The minimum Gasteiger partial charge on any atom is -0.389 e. The van der Waals surface area contributed by atoms with E-state index in [9.17, 15) is 5.11 Å². The van der Waals surface area contributed by atoms with Gasteiger partial charge in [0, 0.05) is 13.7 Å². The summed E-state index contributed by atoms with van der Waals surface area (Å²) >= 11 is 0. The topological polar surface area (TPSA) is 85.7 Å². The Labute approximate surface area is 107 Å². The van der Waals surface area contributed by atoms with Crippen molar-refractivity contribution in [3.8, 4) is 0 Å². The summed E-state index contributed by atoms with van der Waals surface area (Å²) in [6, 6.07) is 0. The standard InChI is InChI=1S/C12H22N4O2/c1-5-18-7-10-15-9(6-14-4)11(13)16(10)8-12(2,3)17/h6,17H,5,7-8,13H2,1-4H3. The van der Waals surface area contributed by atoms with Gasteiger partial charge in [-0.1, -0.05) is 0 Å². The number of nitrogens with zero attached hydrogens (tertiary/aromatic N) is 3. The molecule has 18 heavy (non-hydrogen) atoms. The zero-order valence-electron chi connectivity index (χ0n) is 11.5. The van der Waals surface area contributed by atoms with Gasteiger partial charge in [-0.25, -0.2) is 4.98 Å². The maximum absolute atomic E-state index is 9.91. The van der Waals surface area contributed by atoms with Crippen molar-refractivity contribution in [1.29, 1.82) is 0 Å². The highest BCUT2D eigenvalue weighted by Gasteiger charge is 2.20. The van der Waals surface area contributed by atoms with Gasteiger partial charge in [0.25, 0.3) is 0 Å². The Bertz CT molecular complexity index is 418. The summed E-state index contributed by atoms with van der Waals surface area (Å²) in [6.07, 6.45) is 1.60. The zero-order valence-corrected chi connectivity index (χ0v) is 11.5. The summed E-state index contributed by atoms with van der Waals surface area (Å²) in [7, 11) is 1.66. The number of anilines is 1. The number of rotatable bonds is 6. The highest BCUT2D eigenvalue weighted by Crippen LogP contribution is 2.18. The largest absolute Gasteiger partial charge is 0.389 e. The van der Waals surface area contributed by atoms with E-state index in [0.29, 0.717) is 37.1 Å². The molecular weight excluding hydrogens is 232 g/mol. The molecule has 6 heteroatoms. The molecule has 1 aromatic heterocycles. The lowest BCUT2D eigenvalue weighted by molar-refractivity contribution is 0.0575. The van der Waals surface area contributed by atoms with E-state index >= 15 is 0 Å². The van der Waals surface area contributed by atoms with Gasteiger partial charge in [0.1, 0.15) is 23.9 Å². The Morgan fingerprint density at radius 1 is 1.56 bits per heavy atom. The van der Waals surface area contributed by atoms with Crippen LogP contribution in [0.1, 0.15) is 32.3 Å². The van der Waals surface area contributed by atoms with E-state index in [2.05, 4.69) is 9.98 Å². The average Bonchev–Trinajstić information content (AvgIpc) is 2.54. The van der Waals surface area contributed by atoms with Gasteiger partial charge < -0.3 is 20.1 Å². The molecule has 0 spiro atoms. The van der Waals surface area contributed by atoms with E-state index in [-0.39, 0.29) is 0 Å². The van der Waals surface area contributed by atoms with Crippen LogP contribution in [0.15, 0.2) is 4.99 Å². The number of aliphatic imine (C=N–C) groups is 1. The van der Waals surface area contributed by atoms with Gasteiger partial charge >= 0.3 is 0 Å². The van der Waals surface area contributed by atoms with Gasteiger partial charge in [-0.05, 0) is 20.8 Å². The fraction of sp³-hybridized carbons (Fsp3) is 0.667. The third kappa shape index (κ3) is 3.82. The Balaban J connectivity index is 3.09. The van der Waals surface area contributed by atoms with Crippen LogP contribution in [-0.4, -0.2) is 40.1 Å². The fourth-order valence-electron chi connectivity index (χ4n) is 1.62. The van der Waals surface area contributed by atoms with Crippen LogP contribution >= 0.6 is 0 Å². The number of nitrogen functional groups attached to an aromatic ring is 1. The van der Waals surface area contributed by atoms with E-state index < -0.39 is 5.60 Å². The number of nitrogens with two attached hydrogens (primary N) is 1. The van der Waals surface area contributed by atoms with Gasteiger partial charge in [0.15, 0.2) is 0 Å². The maximum Gasteiger partial charge on any atom is 0.137 e. The minimum atomic E-state index is -0.865. The van der Waals surface area contributed by atoms with E-state index in [1.165, 1.54) is 0 Å². The molecule has 102 valence electrons. The van der Waals surface area contributed by atoms with Gasteiger partial charge in [-0.3, -0.25) is 4.99 Å². The summed E-state index contributed by atoms with van der Waals surface area (Å²) < 4.78 is 7.13. The van der Waals surface area contributed by atoms with Gasteiger partial charge in [-0.15, -0.1) is 0 Å². The van der Waals surface area contributed by atoms with Crippen LogP contribution in [0.25, 0.3) is 0 Å². The molecule has 0 aromatic carbocycles. The second kappa shape index (κ2) is 5.97. The summed E-state index contributed by atoms with van der Waals surface area (Å²) in [5, 5.41) is 9.91. The van der Waals surface area contributed by atoms with E-state index in [4.69, 9.17) is 10.5 Å². The Morgan fingerprint density at radius 3 is 2.72 bits per heavy atom. The number of aliphatic hydroxyl groups is 1. The molecule has 0 bridgehead atoms. The predicted octanol–water partition coefficient (Wildman–Crippen LogP) is 0.821. The first-order valence-corrected chi connectivity index (χ1v) is 5.96. The molecule has 0 radical (unpaired) electrons. The van der Waals surface area contributed by atoms with Crippen molar-refractivity contribution in [3.05, 3.63) is 11.5 Å². The molecule has 1 aromatic rings. The van der Waals surface area contributed by atoms with Crippen LogP contribution in [0, 0.1) is 0 Å². The lowest BCUT2D eigenvalue weighted by Crippen LogP contribution is -2.28. The second-order valence-corrected chi connectivity index (χ2v) is 4.72. The van der Waals surface area contributed by atoms with E-state index in [1.54, 1.807) is 31.7 Å². The lowest BCUT2D eigenvalue weighted by atomic mass is 10.1. The Kier molecular flexibility index (Phi) is 4.86. The van der Waals surface area contributed by atoms with Gasteiger partial charge in [-0.2, -0.15) is 0 Å². The average molecular weight is 254 g/mol. The van der Waals surface area contributed by atoms with Crippen LogP contribution in [0.3, 0.4) is 0 Å². The smallest absolute Gasteiger partial charge is 0.137 e. The molecule has 0 aliphatic carbocycles. The molecule has 1 rings (SSSR count). The van der Waals surface area contributed by atoms with Crippen LogP contribution in [0.2, 0.25) is 0 Å². The third-order valence-corrected chi connectivity index (χ3v) is 2.35. The van der Waals surface area contributed by atoms with Crippen LogP contribution in [0.4, 0.5) is 5.82 Å². The molecule has 0 aliphatic rings. The number of hydrogen-bond donors (Lipinski definition) is 2. The van der Waals surface area contributed by atoms with Crippen molar-refractivity contribution >= 4 is 12.0 Å². The quantitative estimate of drug-likeness (QED) is 0.736. The Hall–Kier alpha value is -1.40. The molecule has 0 unspecified atom stereocenters. The van der Waals surface area contributed by atoms with E-state index in [0.717, 1.165) is 0 Å². The normalized spacial score (nSPS) is 12.5. The van der Waals surface area contributed by atoms with Gasteiger partial charge in [0.05, 0.1) is 18.4 Å². The summed E-state index contributed by atoms with van der Waals surface area (Å²) in [5.74, 6) is 1.20. The molecule has 0 fully saturated rings. The highest BCUT2D eigenvalue weighted by atomic mass is 16.5. The molecule has 1 heterocycles. The fourth-order valence-corrected chi connectivity index (χ4v) is 1.62.